The van der Waals surface area contributed by atoms with Crippen LogP contribution in [0.2, 0.25) is 0 Å². The van der Waals surface area contributed by atoms with Crippen molar-refractivity contribution in [2.75, 3.05) is 0 Å². The lowest BCUT2D eigenvalue weighted by Crippen LogP contribution is -2.35. The number of phenolic OH excluding ortho intramolecular Hbond substituents is 1. The molecule has 0 radical (unpaired) electrons. The minimum atomic E-state index is -0.441. The summed E-state index contributed by atoms with van der Waals surface area (Å²) < 4.78 is 0. The number of hydrogen-bond donors (Lipinski definition) is 1. The number of Topliss-reactive ketones (excluding diaryl/α,β-unsaturated/α-hetero) is 1. The van der Waals surface area contributed by atoms with Gasteiger partial charge in [0.05, 0.1) is 12.0 Å². The smallest absolute Gasteiger partial charge is 0.161 e. The third-order valence-corrected chi connectivity index (χ3v) is 4.69. The first-order chi connectivity index (χ1) is 10.8. The van der Waals surface area contributed by atoms with Gasteiger partial charge in [-0.15, -0.1) is 0 Å². The Bertz CT molecular complexity index is 764. The van der Waals surface area contributed by atoms with Gasteiger partial charge in [-0.3, -0.25) is 9.79 Å². The Hall–Kier alpha value is -2.41. The predicted molar refractivity (Wildman–Crippen MR) is 88.1 cm³/mol. The Morgan fingerprint density at radius 2 is 1.91 bits per heavy atom. The van der Waals surface area contributed by atoms with Gasteiger partial charge in [0.2, 0.25) is 0 Å². The fraction of sp³-hybridized carbons (Fsp3) is 0.421. The lowest BCUT2D eigenvalue weighted by atomic mass is 9.67. The van der Waals surface area contributed by atoms with Crippen LogP contribution >= 0.6 is 0 Å². The predicted octanol–water partition coefficient (Wildman–Crippen LogP) is 3.73. The minimum Gasteiger partial charge on any atom is -0.508 e. The zero-order chi connectivity index (χ0) is 16.8. The van der Waals surface area contributed by atoms with E-state index in [0.717, 1.165) is 23.4 Å². The molecule has 4 heteroatoms. The maximum Gasteiger partial charge on any atom is 0.161 e. The van der Waals surface area contributed by atoms with Gasteiger partial charge in [0.15, 0.2) is 5.78 Å². The summed E-state index contributed by atoms with van der Waals surface area (Å²) in [6.07, 6.45) is 1.23. The lowest BCUT2D eigenvalue weighted by Gasteiger charge is -2.37. The zero-order valence-corrected chi connectivity index (χ0v) is 13.6. The molecule has 0 fully saturated rings. The maximum absolute atomic E-state index is 12.8. The Labute approximate surface area is 136 Å². The first-order valence-electron chi connectivity index (χ1n) is 7.82. The average Bonchev–Trinajstić information content (AvgIpc) is 2.45. The van der Waals surface area contributed by atoms with E-state index in [1.54, 1.807) is 24.3 Å². The van der Waals surface area contributed by atoms with Gasteiger partial charge in [-0.05, 0) is 36.5 Å². The van der Waals surface area contributed by atoms with Crippen molar-refractivity contribution in [2.45, 2.75) is 39.5 Å². The van der Waals surface area contributed by atoms with E-state index in [-0.39, 0.29) is 22.9 Å². The van der Waals surface area contributed by atoms with Crippen molar-refractivity contribution in [3.63, 3.8) is 0 Å². The molecule has 1 aromatic carbocycles. The highest BCUT2D eigenvalue weighted by atomic mass is 16.3. The number of carbonyl (C=O) groups is 1. The fourth-order valence-corrected chi connectivity index (χ4v) is 3.65. The molecule has 1 aromatic rings. The molecule has 3 rings (SSSR count). The number of nitrogens with zero attached hydrogens (tertiary/aromatic N) is 2. The van der Waals surface area contributed by atoms with E-state index in [0.29, 0.717) is 12.0 Å². The Morgan fingerprint density at radius 3 is 2.52 bits per heavy atom. The highest BCUT2D eigenvalue weighted by molar-refractivity contribution is 6.03. The Balaban J connectivity index is 2.17. The third kappa shape index (κ3) is 2.68. The van der Waals surface area contributed by atoms with Crippen molar-refractivity contribution in [3.8, 4) is 11.8 Å². The molecule has 0 saturated carbocycles. The second-order valence-electron chi connectivity index (χ2n) is 7.23. The first-order valence-corrected chi connectivity index (χ1v) is 7.82. The number of rotatable bonds is 1. The average molecular weight is 308 g/mol. The van der Waals surface area contributed by atoms with Gasteiger partial charge in [-0.2, -0.15) is 5.26 Å². The van der Waals surface area contributed by atoms with Crippen LogP contribution in [0.3, 0.4) is 0 Å². The second kappa shape index (κ2) is 5.34. The van der Waals surface area contributed by atoms with Gasteiger partial charge in [-0.1, -0.05) is 26.0 Å². The molecule has 4 nitrogen and oxygen atoms in total. The molecule has 1 N–H and O–H groups in total. The summed E-state index contributed by atoms with van der Waals surface area (Å²) in [6.45, 7) is 6.01. The van der Waals surface area contributed by atoms with Gasteiger partial charge < -0.3 is 5.11 Å². The SMILES string of the molecule is CC1=NC2=C(C(=O)CC(C)(C)C2)[C@H](c2ccc(O)cc2)C1C#N. The number of hydrogen-bond acceptors (Lipinski definition) is 4. The third-order valence-electron chi connectivity index (χ3n) is 4.69. The number of benzene rings is 1. The van der Waals surface area contributed by atoms with Crippen LogP contribution in [0, 0.1) is 22.7 Å². The molecule has 2 atom stereocenters. The van der Waals surface area contributed by atoms with Gasteiger partial charge in [0, 0.05) is 29.3 Å². The summed E-state index contributed by atoms with van der Waals surface area (Å²) in [4.78, 5) is 17.4. The van der Waals surface area contributed by atoms with E-state index < -0.39 is 5.92 Å². The van der Waals surface area contributed by atoms with Crippen LogP contribution < -0.4 is 0 Å². The van der Waals surface area contributed by atoms with E-state index >= 15 is 0 Å². The zero-order valence-electron chi connectivity index (χ0n) is 13.6. The van der Waals surface area contributed by atoms with E-state index in [9.17, 15) is 15.2 Å². The summed E-state index contributed by atoms with van der Waals surface area (Å²) in [5.41, 5.74) is 3.05. The number of ketones is 1. The molecule has 0 saturated heterocycles. The van der Waals surface area contributed by atoms with E-state index in [1.807, 2.05) is 6.92 Å². The van der Waals surface area contributed by atoms with E-state index in [4.69, 9.17) is 0 Å². The Morgan fingerprint density at radius 1 is 1.26 bits per heavy atom. The second-order valence-corrected chi connectivity index (χ2v) is 7.23. The van der Waals surface area contributed by atoms with Crippen molar-refractivity contribution in [1.29, 1.82) is 5.26 Å². The minimum absolute atomic E-state index is 0.0887. The van der Waals surface area contributed by atoms with Crippen LogP contribution in [0.25, 0.3) is 0 Å². The molecule has 1 heterocycles. The molecule has 0 amide bonds. The summed E-state index contributed by atoms with van der Waals surface area (Å²) in [7, 11) is 0. The molecule has 2 aliphatic rings. The maximum atomic E-state index is 12.8. The van der Waals surface area contributed by atoms with Crippen molar-refractivity contribution >= 4 is 11.5 Å². The Kier molecular flexibility index (Phi) is 3.60. The molecule has 1 unspecified atom stereocenters. The summed E-state index contributed by atoms with van der Waals surface area (Å²) in [5.74, 6) is -0.472. The number of aromatic hydroxyl groups is 1. The summed E-state index contributed by atoms with van der Waals surface area (Å²) in [6, 6.07) is 9.10. The molecule has 0 spiro atoms. The van der Waals surface area contributed by atoms with E-state index in [1.165, 1.54) is 0 Å². The summed E-state index contributed by atoms with van der Waals surface area (Å²) >= 11 is 0. The van der Waals surface area contributed by atoms with Crippen molar-refractivity contribution in [3.05, 3.63) is 41.1 Å². The van der Waals surface area contributed by atoms with Gasteiger partial charge in [-0.25, -0.2) is 0 Å². The number of phenols is 1. The van der Waals surface area contributed by atoms with Crippen LogP contribution in [0.4, 0.5) is 0 Å². The van der Waals surface area contributed by atoms with Crippen LogP contribution in [0.15, 0.2) is 40.5 Å². The van der Waals surface area contributed by atoms with Crippen LogP contribution in [0.5, 0.6) is 5.75 Å². The molecule has 1 aliphatic heterocycles. The molecule has 0 aromatic heterocycles. The first kappa shape index (κ1) is 15.5. The monoisotopic (exact) mass is 308 g/mol. The van der Waals surface area contributed by atoms with Crippen LogP contribution in [-0.4, -0.2) is 16.6 Å². The van der Waals surface area contributed by atoms with Gasteiger partial charge >= 0.3 is 0 Å². The number of carbonyl (C=O) groups excluding carboxylic acids is 1. The topological polar surface area (TPSA) is 73.4 Å². The lowest BCUT2D eigenvalue weighted by molar-refractivity contribution is -0.118. The molecular formula is C19H20N2O2. The molecule has 118 valence electrons. The molecule has 1 aliphatic carbocycles. The standard InChI is InChI=1S/C19H20N2O2/c1-11-14(10-20)17(12-4-6-13(22)7-5-12)18-15(21-11)8-19(2,3)9-16(18)23/h4-7,14,17,22H,8-9H2,1-3H3/t14?,17-/m1/s1. The number of aliphatic imine (C=N–C) groups is 1. The highest BCUT2D eigenvalue weighted by Gasteiger charge is 2.42. The van der Waals surface area contributed by atoms with Crippen LogP contribution in [0.1, 0.15) is 45.1 Å². The van der Waals surface area contributed by atoms with Gasteiger partial charge in [0.1, 0.15) is 5.75 Å². The normalized spacial score (nSPS) is 26.3. The molecule has 0 bridgehead atoms. The quantitative estimate of drug-likeness (QED) is 0.859. The largest absolute Gasteiger partial charge is 0.508 e. The van der Waals surface area contributed by atoms with Crippen molar-refractivity contribution in [1.82, 2.24) is 0 Å². The summed E-state index contributed by atoms with van der Waals surface area (Å²) in [5, 5.41) is 19.1. The van der Waals surface area contributed by atoms with Crippen molar-refractivity contribution < 1.29 is 9.90 Å². The van der Waals surface area contributed by atoms with Crippen LogP contribution in [-0.2, 0) is 4.79 Å². The fourth-order valence-electron chi connectivity index (χ4n) is 3.65. The number of nitriles is 1. The van der Waals surface area contributed by atoms with Gasteiger partial charge in [0.25, 0.3) is 0 Å². The van der Waals surface area contributed by atoms with E-state index in [2.05, 4.69) is 24.9 Å². The van der Waals surface area contributed by atoms with Crippen molar-refractivity contribution in [2.24, 2.45) is 16.3 Å². The molecular weight excluding hydrogens is 288 g/mol. The number of allylic oxidation sites excluding steroid dienone is 2. The molecule has 23 heavy (non-hydrogen) atoms. The highest BCUT2D eigenvalue weighted by Crippen LogP contribution is 2.47.